The Balaban J connectivity index is 2.05. The second-order valence-corrected chi connectivity index (χ2v) is 6.37. The Bertz CT molecular complexity index is 968. The third-order valence-corrected chi connectivity index (χ3v) is 4.14. The minimum absolute atomic E-state index is 0.0380. The largest absolute Gasteiger partial charge is 0.479 e. The lowest BCUT2D eigenvalue weighted by Gasteiger charge is -2.38. The predicted octanol–water partition coefficient (Wildman–Crippen LogP) is -0.457. The molecule has 5 N–H and O–H groups in total. The van der Waals surface area contributed by atoms with Crippen LogP contribution in [0.25, 0.3) is 10.9 Å². The minimum atomic E-state index is -2.51. The topological polar surface area (TPSA) is 135 Å². The maximum absolute atomic E-state index is 11.3. The molecule has 1 aromatic heterocycles. The molecule has 0 aliphatic carbocycles. The number of ether oxygens (including phenoxy) is 2. The zero-order chi connectivity index (χ0) is 23.3. The number of aromatic amines is 1. The zero-order valence-corrected chi connectivity index (χ0v) is 14.7. The lowest BCUT2D eigenvalue weighted by molar-refractivity contribution is -0.270. The summed E-state index contributed by atoms with van der Waals surface area (Å²) in [6.45, 7) is -2.41. The Kier molecular flexibility index (Phi) is 4.30. The molecule has 0 unspecified atom stereocenters. The van der Waals surface area contributed by atoms with Crippen molar-refractivity contribution in [1.29, 1.82) is 0 Å². The standard InChI is InChI=1S/C18H24N2O7/c1-20(2)7-6-9-8-19-10-4-3-5-11(12(9)10)26-18-15(23)13(21)14(22)16(27-18)17(24)25/h3-5,8,13-16,18-19,21-23H,6-7H2,1-2H3,(H,24,25)/t13-,14-,15+,16-,18+/m0/s1/i6D2,7D2. The molecule has 1 aliphatic rings. The average molecular weight is 384 g/mol. The third kappa shape index (κ3) is 3.92. The molecular weight excluding hydrogens is 356 g/mol. The molecular formula is C18H24N2O7. The van der Waals surface area contributed by atoms with E-state index in [0.717, 1.165) is 4.90 Å². The van der Waals surface area contributed by atoms with Crippen molar-refractivity contribution < 1.29 is 40.2 Å². The second-order valence-electron chi connectivity index (χ2n) is 6.37. The molecule has 2 heterocycles. The van der Waals surface area contributed by atoms with Gasteiger partial charge in [0.15, 0.2) is 6.10 Å². The summed E-state index contributed by atoms with van der Waals surface area (Å²) in [5.41, 5.74) is 0.323. The molecule has 0 amide bonds. The summed E-state index contributed by atoms with van der Waals surface area (Å²) in [7, 11) is 2.80. The molecule has 0 spiro atoms. The van der Waals surface area contributed by atoms with Gasteiger partial charge in [0.1, 0.15) is 24.1 Å². The fourth-order valence-corrected chi connectivity index (χ4v) is 2.79. The van der Waals surface area contributed by atoms with Crippen LogP contribution in [0.2, 0.25) is 0 Å². The van der Waals surface area contributed by atoms with Crippen LogP contribution in [0.4, 0.5) is 0 Å². The van der Waals surface area contributed by atoms with Crippen molar-refractivity contribution in [3.63, 3.8) is 0 Å². The summed E-state index contributed by atoms with van der Waals surface area (Å²) in [6, 6.07) is 4.55. The SMILES string of the molecule is [2H]C([2H])(c1c[nH]c2cccc(O[C@@H]3O[C@H](C(=O)O)[C@@H](O)[C@H](O)[C@H]3O)c12)C([2H])([2H])N(C)C. The Morgan fingerprint density at radius 1 is 1.30 bits per heavy atom. The van der Waals surface area contributed by atoms with Crippen LogP contribution in [0.5, 0.6) is 5.75 Å². The molecule has 0 bridgehead atoms. The van der Waals surface area contributed by atoms with Gasteiger partial charge in [-0.05, 0) is 38.2 Å². The van der Waals surface area contributed by atoms with E-state index < -0.39 is 49.5 Å². The van der Waals surface area contributed by atoms with Crippen molar-refractivity contribution in [1.82, 2.24) is 9.88 Å². The van der Waals surface area contributed by atoms with Crippen molar-refractivity contribution in [3.8, 4) is 5.75 Å². The maximum atomic E-state index is 11.3. The molecule has 2 aromatic rings. The van der Waals surface area contributed by atoms with Crippen LogP contribution in [0.15, 0.2) is 24.4 Å². The number of carbonyl (C=O) groups is 1. The smallest absolute Gasteiger partial charge is 0.335 e. The molecule has 9 nitrogen and oxygen atoms in total. The predicted molar refractivity (Wildman–Crippen MR) is 95.5 cm³/mol. The molecule has 1 saturated heterocycles. The Morgan fingerprint density at radius 3 is 2.70 bits per heavy atom. The van der Waals surface area contributed by atoms with Gasteiger partial charge in [-0.2, -0.15) is 0 Å². The van der Waals surface area contributed by atoms with E-state index in [2.05, 4.69) is 4.98 Å². The molecule has 0 saturated carbocycles. The number of benzene rings is 1. The van der Waals surface area contributed by atoms with E-state index in [1.807, 2.05) is 0 Å². The van der Waals surface area contributed by atoms with E-state index in [4.69, 9.17) is 15.0 Å². The normalized spacial score (nSPS) is 31.9. The van der Waals surface area contributed by atoms with E-state index >= 15 is 0 Å². The fraction of sp³-hybridized carbons (Fsp3) is 0.500. The van der Waals surface area contributed by atoms with Gasteiger partial charge in [0.2, 0.25) is 6.29 Å². The first kappa shape index (κ1) is 14.8. The molecule has 148 valence electrons. The quantitative estimate of drug-likeness (QED) is 0.452. The highest BCUT2D eigenvalue weighted by atomic mass is 16.7. The Morgan fingerprint density at radius 2 is 2.04 bits per heavy atom. The van der Waals surface area contributed by atoms with Crippen molar-refractivity contribution in [2.45, 2.75) is 37.1 Å². The van der Waals surface area contributed by atoms with Crippen LogP contribution in [0.3, 0.4) is 0 Å². The number of nitrogens with one attached hydrogen (secondary N) is 1. The number of aliphatic carboxylic acids is 1. The molecule has 0 radical (unpaired) electrons. The summed E-state index contributed by atoms with van der Waals surface area (Å²) >= 11 is 0. The molecule has 1 aromatic carbocycles. The minimum Gasteiger partial charge on any atom is -0.479 e. The van der Waals surface area contributed by atoms with Crippen LogP contribution in [-0.2, 0) is 15.9 Å². The molecule has 9 heteroatoms. The number of carboxylic acid groups (broad SMARTS) is 1. The van der Waals surface area contributed by atoms with Crippen LogP contribution in [0, 0.1) is 0 Å². The van der Waals surface area contributed by atoms with Crippen molar-refractivity contribution >= 4 is 16.9 Å². The number of nitrogens with zero attached hydrogens (tertiary/aromatic N) is 1. The lowest BCUT2D eigenvalue weighted by Crippen LogP contribution is -2.61. The second kappa shape index (κ2) is 7.83. The monoisotopic (exact) mass is 384 g/mol. The molecule has 1 aliphatic heterocycles. The van der Waals surface area contributed by atoms with Gasteiger partial charge in [-0.15, -0.1) is 0 Å². The highest BCUT2D eigenvalue weighted by molar-refractivity contribution is 5.89. The summed E-state index contributed by atoms with van der Waals surface area (Å²) in [5.74, 6) is -1.60. The van der Waals surface area contributed by atoms with Crippen LogP contribution in [0.1, 0.15) is 11.0 Å². The number of aliphatic hydroxyl groups is 3. The molecule has 3 rings (SSSR count). The molecule has 27 heavy (non-hydrogen) atoms. The number of rotatable bonds is 6. The van der Waals surface area contributed by atoms with Crippen LogP contribution in [-0.4, -0.2) is 87.6 Å². The van der Waals surface area contributed by atoms with Gasteiger partial charge in [-0.1, -0.05) is 6.07 Å². The lowest BCUT2D eigenvalue weighted by atomic mass is 9.99. The molecule has 5 atom stereocenters. The first-order valence-electron chi connectivity index (χ1n) is 10.2. The maximum Gasteiger partial charge on any atom is 0.335 e. The van der Waals surface area contributed by atoms with Gasteiger partial charge < -0.3 is 39.8 Å². The van der Waals surface area contributed by atoms with E-state index in [0.29, 0.717) is 5.52 Å². The third-order valence-electron chi connectivity index (χ3n) is 4.14. The summed E-state index contributed by atoms with van der Waals surface area (Å²) < 4.78 is 44.0. The number of aryl methyl sites for hydroxylation is 1. The van der Waals surface area contributed by atoms with Gasteiger partial charge >= 0.3 is 5.97 Å². The first-order valence-corrected chi connectivity index (χ1v) is 8.17. The first-order chi connectivity index (χ1) is 14.3. The average Bonchev–Trinajstić information content (AvgIpc) is 3.13. The van der Waals surface area contributed by atoms with Gasteiger partial charge in [0.25, 0.3) is 0 Å². The van der Waals surface area contributed by atoms with Crippen molar-refractivity contribution in [2.24, 2.45) is 0 Å². The van der Waals surface area contributed by atoms with Crippen LogP contribution >= 0.6 is 0 Å². The summed E-state index contributed by atoms with van der Waals surface area (Å²) in [6.07, 6.45) is -10.3. The van der Waals surface area contributed by atoms with Gasteiger partial charge in [-0.3, -0.25) is 0 Å². The van der Waals surface area contributed by atoms with Crippen LogP contribution < -0.4 is 4.74 Å². The van der Waals surface area contributed by atoms with Gasteiger partial charge in [0.05, 0.1) is 0 Å². The van der Waals surface area contributed by atoms with Gasteiger partial charge in [-0.25, -0.2) is 4.79 Å². The van der Waals surface area contributed by atoms with E-state index in [1.54, 1.807) is 12.1 Å². The Labute approximate surface area is 161 Å². The number of hydrogen-bond acceptors (Lipinski definition) is 7. The number of aliphatic hydroxyl groups excluding tert-OH is 3. The highest BCUT2D eigenvalue weighted by Crippen LogP contribution is 2.32. The Hall–Kier alpha value is -2.17. The number of aromatic nitrogens is 1. The van der Waals surface area contributed by atoms with E-state index in [9.17, 15) is 25.2 Å². The number of H-pyrrole nitrogens is 1. The summed E-state index contributed by atoms with van der Waals surface area (Å²) in [5, 5.41) is 39.4. The summed E-state index contributed by atoms with van der Waals surface area (Å²) in [4.78, 5) is 15.3. The number of hydrogen-bond donors (Lipinski definition) is 5. The number of carboxylic acids is 1. The van der Waals surface area contributed by atoms with E-state index in [-0.39, 0.29) is 16.7 Å². The molecule has 1 fully saturated rings. The van der Waals surface area contributed by atoms with Gasteiger partial charge in [0, 0.05) is 29.1 Å². The fourth-order valence-electron chi connectivity index (χ4n) is 2.79. The number of fused-ring (bicyclic) bond motifs is 1. The zero-order valence-electron chi connectivity index (χ0n) is 18.7. The van der Waals surface area contributed by atoms with Crippen molar-refractivity contribution in [2.75, 3.05) is 20.6 Å². The van der Waals surface area contributed by atoms with Crippen molar-refractivity contribution in [3.05, 3.63) is 30.0 Å². The van der Waals surface area contributed by atoms with E-state index in [1.165, 1.54) is 26.4 Å². The highest BCUT2D eigenvalue weighted by Gasteiger charge is 2.48. The number of likely N-dealkylation sites (N-methyl/N-ethyl adjacent to an activating group) is 1.